The van der Waals surface area contributed by atoms with Crippen LogP contribution in [0.25, 0.3) is 0 Å². The predicted molar refractivity (Wildman–Crippen MR) is 83.0 cm³/mol. The number of benzene rings is 1. The minimum atomic E-state index is -3.85. The van der Waals surface area contributed by atoms with Crippen LogP contribution in [0, 0.1) is 5.82 Å². The van der Waals surface area contributed by atoms with Gasteiger partial charge in [-0.25, -0.2) is 12.8 Å². The first-order valence-corrected chi connectivity index (χ1v) is 8.74. The Labute approximate surface area is 128 Å². The zero-order valence-electron chi connectivity index (χ0n) is 11.8. The maximum Gasteiger partial charge on any atom is 0.245 e. The van der Waals surface area contributed by atoms with Crippen molar-refractivity contribution in [3.63, 3.8) is 0 Å². The third-order valence-corrected chi connectivity index (χ3v) is 6.01. The molecule has 114 valence electrons. The average Bonchev–Trinajstić information content (AvgIpc) is 2.91. The van der Waals surface area contributed by atoms with Gasteiger partial charge in [-0.15, -0.1) is 11.3 Å². The molecule has 2 N–H and O–H groups in total. The zero-order valence-corrected chi connectivity index (χ0v) is 13.4. The molecule has 0 saturated heterocycles. The first-order valence-electron chi connectivity index (χ1n) is 6.42. The number of para-hydroxylation sites is 1. The second-order valence-electron chi connectivity index (χ2n) is 4.88. The summed E-state index contributed by atoms with van der Waals surface area (Å²) in [4.78, 5) is 0.731. The van der Waals surface area contributed by atoms with Gasteiger partial charge in [0.2, 0.25) is 10.0 Å². The highest BCUT2D eigenvalue weighted by molar-refractivity contribution is 7.89. The van der Waals surface area contributed by atoms with E-state index in [-0.39, 0.29) is 23.2 Å². The number of thiophene rings is 1. The first-order chi connectivity index (χ1) is 9.84. The summed E-state index contributed by atoms with van der Waals surface area (Å²) in [5, 5.41) is 1.89. The number of nitrogen functional groups attached to an aromatic ring is 1. The van der Waals surface area contributed by atoms with Crippen LogP contribution in [0.5, 0.6) is 0 Å². The monoisotopic (exact) mass is 328 g/mol. The summed E-state index contributed by atoms with van der Waals surface area (Å²) in [6.45, 7) is 3.80. The summed E-state index contributed by atoms with van der Waals surface area (Å²) in [6, 6.07) is 7.29. The Morgan fingerprint density at radius 3 is 2.57 bits per heavy atom. The van der Waals surface area contributed by atoms with Gasteiger partial charge >= 0.3 is 0 Å². The molecule has 1 aromatic carbocycles. The van der Waals surface area contributed by atoms with Crippen molar-refractivity contribution in [3.8, 4) is 0 Å². The van der Waals surface area contributed by atoms with Crippen molar-refractivity contribution < 1.29 is 12.8 Å². The second-order valence-corrected chi connectivity index (χ2v) is 7.77. The quantitative estimate of drug-likeness (QED) is 0.858. The van der Waals surface area contributed by atoms with Crippen molar-refractivity contribution in [3.05, 3.63) is 46.4 Å². The molecule has 21 heavy (non-hydrogen) atoms. The molecule has 0 atom stereocenters. The maximum absolute atomic E-state index is 13.5. The average molecular weight is 328 g/mol. The van der Waals surface area contributed by atoms with Gasteiger partial charge in [-0.05, 0) is 37.4 Å². The summed E-state index contributed by atoms with van der Waals surface area (Å²) in [5.74, 6) is -0.726. The van der Waals surface area contributed by atoms with Crippen molar-refractivity contribution in [1.82, 2.24) is 4.31 Å². The Kier molecular flexibility index (Phi) is 4.65. The van der Waals surface area contributed by atoms with Gasteiger partial charge < -0.3 is 5.73 Å². The molecule has 0 saturated carbocycles. The fourth-order valence-corrected chi connectivity index (χ4v) is 4.50. The third-order valence-electron chi connectivity index (χ3n) is 3.07. The molecule has 2 rings (SSSR count). The highest BCUT2D eigenvalue weighted by atomic mass is 32.2. The molecule has 0 radical (unpaired) electrons. The van der Waals surface area contributed by atoms with Gasteiger partial charge in [0.15, 0.2) is 0 Å². The Morgan fingerprint density at radius 1 is 1.29 bits per heavy atom. The van der Waals surface area contributed by atoms with E-state index in [9.17, 15) is 12.8 Å². The Hall–Kier alpha value is -1.44. The van der Waals surface area contributed by atoms with Crippen molar-refractivity contribution in [1.29, 1.82) is 0 Å². The van der Waals surface area contributed by atoms with Gasteiger partial charge in [0.05, 0.1) is 5.69 Å². The van der Waals surface area contributed by atoms with Gasteiger partial charge in [0.1, 0.15) is 10.7 Å². The Bertz CT molecular complexity index is 713. The van der Waals surface area contributed by atoms with Crippen molar-refractivity contribution in [2.75, 3.05) is 5.73 Å². The number of nitrogens with zero attached hydrogens (tertiary/aromatic N) is 1. The molecule has 0 aliphatic heterocycles. The highest BCUT2D eigenvalue weighted by Crippen LogP contribution is 2.27. The molecule has 0 aliphatic rings. The van der Waals surface area contributed by atoms with Crippen LogP contribution in [0.1, 0.15) is 18.7 Å². The van der Waals surface area contributed by atoms with Crippen LogP contribution < -0.4 is 5.73 Å². The normalized spacial score (nSPS) is 12.2. The maximum atomic E-state index is 13.5. The molecule has 0 bridgehead atoms. The van der Waals surface area contributed by atoms with Gasteiger partial charge in [-0.3, -0.25) is 0 Å². The predicted octanol–water partition coefficient (Wildman–Crippen LogP) is 3.07. The Morgan fingerprint density at radius 2 is 2.00 bits per heavy atom. The van der Waals surface area contributed by atoms with E-state index in [1.165, 1.54) is 27.8 Å². The number of hydrogen-bond acceptors (Lipinski definition) is 4. The van der Waals surface area contributed by atoms with Crippen LogP contribution in [0.15, 0.2) is 40.6 Å². The Balaban J connectivity index is 2.45. The van der Waals surface area contributed by atoms with Gasteiger partial charge in [0.25, 0.3) is 0 Å². The topological polar surface area (TPSA) is 63.4 Å². The first kappa shape index (κ1) is 15.9. The third kappa shape index (κ3) is 3.25. The van der Waals surface area contributed by atoms with Crippen LogP contribution in [-0.4, -0.2) is 18.8 Å². The van der Waals surface area contributed by atoms with Crippen molar-refractivity contribution >= 4 is 27.0 Å². The molecule has 0 aliphatic carbocycles. The number of sulfonamides is 1. The highest BCUT2D eigenvalue weighted by Gasteiger charge is 2.30. The largest absolute Gasteiger partial charge is 0.395 e. The molecule has 2 aromatic rings. The van der Waals surface area contributed by atoms with E-state index in [0.29, 0.717) is 0 Å². The number of hydrogen-bond donors (Lipinski definition) is 1. The molecular weight excluding hydrogens is 311 g/mol. The molecule has 0 unspecified atom stereocenters. The standard InChI is InChI=1S/C14H17FN2O2S2/c1-10(2)17(9-11-5-4-8-20-11)21(18,19)13-7-3-6-12(15)14(13)16/h3-8,10H,9,16H2,1-2H3. The van der Waals surface area contributed by atoms with Crippen LogP contribution in [0.4, 0.5) is 10.1 Å². The van der Waals surface area contributed by atoms with E-state index in [1.807, 2.05) is 17.5 Å². The fraction of sp³-hybridized carbons (Fsp3) is 0.286. The van der Waals surface area contributed by atoms with Crippen molar-refractivity contribution in [2.24, 2.45) is 0 Å². The van der Waals surface area contributed by atoms with E-state index in [2.05, 4.69) is 0 Å². The fourth-order valence-electron chi connectivity index (χ4n) is 1.97. The van der Waals surface area contributed by atoms with E-state index in [0.717, 1.165) is 10.9 Å². The van der Waals surface area contributed by atoms with E-state index < -0.39 is 15.8 Å². The number of anilines is 1. The molecule has 1 aromatic heterocycles. The molecule has 0 spiro atoms. The molecule has 0 fully saturated rings. The van der Waals surface area contributed by atoms with Crippen LogP contribution in [-0.2, 0) is 16.6 Å². The SMILES string of the molecule is CC(C)N(Cc1cccs1)S(=O)(=O)c1cccc(F)c1N. The van der Waals surface area contributed by atoms with E-state index in [4.69, 9.17) is 5.73 Å². The van der Waals surface area contributed by atoms with Crippen LogP contribution >= 0.6 is 11.3 Å². The lowest BCUT2D eigenvalue weighted by atomic mass is 10.3. The van der Waals surface area contributed by atoms with E-state index in [1.54, 1.807) is 13.8 Å². The molecule has 1 heterocycles. The lowest BCUT2D eigenvalue weighted by molar-refractivity contribution is 0.350. The van der Waals surface area contributed by atoms with Gasteiger partial charge in [-0.2, -0.15) is 4.31 Å². The van der Waals surface area contributed by atoms with Crippen LogP contribution in [0.3, 0.4) is 0 Å². The second kappa shape index (κ2) is 6.13. The molecule has 4 nitrogen and oxygen atoms in total. The van der Waals surface area contributed by atoms with Gasteiger partial charge in [-0.1, -0.05) is 12.1 Å². The summed E-state index contributed by atoms with van der Waals surface area (Å²) < 4.78 is 40.4. The minimum Gasteiger partial charge on any atom is -0.395 e. The summed E-state index contributed by atoms with van der Waals surface area (Å²) in [5.41, 5.74) is 5.26. The number of rotatable bonds is 5. The number of halogens is 1. The molecule has 7 heteroatoms. The lowest BCUT2D eigenvalue weighted by Gasteiger charge is -2.26. The minimum absolute atomic E-state index is 0.187. The number of nitrogens with two attached hydrogens (primary N) is 1. The van der Waals surface area contributed by atoms with Gasteiger partial charge in [0, 0.05) is 17.5 Å². The molecular formula is C14H17FN2O2S2. The van der Waals surface area contributed by atoms with E-state index >= 15 is 0 Å². The summed E-state index contributed by atoms with van der Waals surface area (Å²) >= 11 is 1.48. The molecule has 0 amide bonds. The smallest absolute Gasteiger partial charge is 0.245 e. The summed E-state index contributed by atoms with van der Waals surface area (Å²) in [7, 11) is -3.85. The van der Waals surface area contributed by atoms with Crippen LogP contribution in [0.2, 0.25) is 0 Å². The zero-order chi connectivity index (χ0) is 15.6. The van der Waals surface area contributed by atoms with Crippen molar-refractivity contribution in [2.45, 2.75) is 31.3 Å². The lowest BCUT2D eigenvalue weighted by Crippen LogP contribution is -2.36. The summed E-state index contributed by atoms with van der Waals surface area (Å²) in [6.07, 6.45) is 0.